The van der Waals surface area contributed by atoms with Crippen molar-refractivity contribution >= 4 is 17.3 Å². The molecule has 0 spiro atoms. The van der Waals surface area contributed by atoms with Gasteiger partial charge in [-0.2, -0.15) is 0 Å². The fourth-order valence-corrected chi connectivity index (χ4v) is 3.59. The first-order valence-corrected chi connectivity index (χ1v) is 9.83. The van der Waals surface area contributed by atoms with Gasteiger partial charge in [0.05, 0.1) is 12.0 Å². The van der Waals surface area contributed by atoms with Gasteiger partial charge in [-0.25, -0.2) is 0 Å². The number of hydrogen-bond donors (Lipinski definition) is 1. The molecule has 0 bridgehead atoms. The van der Waals surface area contributed by atoms with Crippen molar-refractivity contribution in [2.45, 2.75) is 52.1 Å². The number of carbonyl (C=O) groups excluding carboxylic acids is 1. The summed E-state index contributed by atoms with van der Waals surface area (Å²) in [4.78, 5) is 13.2. The molecule has 1 aromatic heterocycles. The molecule has 0 saturated heterocycles. The van der Waals surface area contributed by atoms with Crippen LogP contribution in [0.4, 0.5) is 0 Å². The number of carbonyl (C=O) groups is 1. The van der Waals surface area contributed by atoms with Crippen LogP contribution in [-0.4, -0.2) is 17.6 Å². The average molecular weight is 376 g/mol. The minimum absolute atomic E-state index is 0.189. The van der Waals surface area contributed by atoms with E-state index in [2.05, 4.69) is 6.07 Å². The quantitative estimate of drug-likeness (QED) is 0.690. The van der Waals surface area contributed by atoms with Crippen molar-refractivity contribution in [1.29, 1.82) is 0 Å². The molecule has 26 heavy (non-hydrogen) atoms. The van der Waals surface area contributed by atoms with Crippen LogP contribution < -0.4 is 9.47 Å². The number of aliphatic hydroxyl groups excluding tert-OH is 1. The van der Waals surface area contributed by atoms with Gasteiger partial charge in [0.2, 0.25) is 0 Å². The van der Waals surface area contributed by atoms with Crippen molar-refractivity contribution in [1.82, 2.24) is 0 Å². The van der Waals surface area contributed by atoms with Gasteiger partial charge in [0.15, 0.2) is 11.5 Å². The lowest BCUT2D eigenvalue weighted by Gasteiger charge is -2.14. The van der Waals surface area contributed by atoms with Crippen molar-refractivity contribution < 1.29 is 24.1 Å². The van der Waals surface area contributed by atoms with E-state index in [-0.39, 0.29) is 11.9 Å². The molecule has 3 unspecified atom stereocenters. The highest BCUT2D eigenvalue weighted by molar-refractivity contribution is 7.09. The molecular formula is C20H24O5S. The van der Waals surface area contributed by atoms with Crippen LogP contribution in [-0.2, 0) is 16.0 Å². The van der Waals surface area contributed by atoms with Crippen LogP contribution in [0.5, 0.6) is 11.5 Å². The molecule has 3 rings (SSSR count). The van der Waals surface area contributed by atoms with Crippen LogP contribution in [0.15, 0.2) is 35.7 Å². The highest BCUT2D eigenvalue weighted by Crippen LogP contribution is 2.38. The Morgan fingerprint density at radius 3 is 2.81 bits per heavy atom. The molecule has 0 aliphatic carbocycles. The number of fused-ring (bicyclic) bond motifs is 1. The Kier molecular flexibility index (Phi) is 6.16. The molecule has 1 N–H and O–H groups in total. The van der Waals surface area contributed by atoms with E-state index in [9.17, 15) is 9.90 Å². The number of ether oxygens (including phenoxy) is 3. The maximum Gasteiger partial charge on any atom is 0.408 e. The van der Waals surface area contributed by atoms with Gasteiger partial charge >= 0.3 is 12.4 Å². The Labute approximate surface area is 157 Å². The monoisotopic (exact) mass is 376 g/mol. The van der Waals surface area contributed by atoms with Crippen LogP contribution in [0.3, 0.4) is 0 Å². The molecule has 1 aliphatic heterocycles. The third kappa shape index (κ3) is 4.56. The van der Waals surface area contributed by atoms with Gasteiger partial charge in [-0.3, -0.25) is 4.79 Å². The van der Waals surface area contributed by atoms with Gasteiger partial charge in [0, 0.05) is 4.88 Å². The molecule has 140 valence electrons. The van der Waals surface area contributed by atoms with Crippen molar-refractivity contribution in [3.05, 3.63) is 46.2 Å². The van der Waals surface area contributed by atoms with Crippen molar-refractivity contribution in [3.8, 4) is 11.5 Å². The van der Waals surface area contributed by atoms with Gasteiger partial charge in [-0.1, -0.05) is 32.4 Å². The first-order valence-electron chi connectivity index (χ1n) is 8.95. The van der Waals surface area contributed by atoms with Crippen molar-refractivity contribution in [3.63, 3.8) is 0 Å². The Bertz CT molecular complexity index is 728. The second-order valence-corrected chi connectivity index (χ2v) is 7.52. The van der Waals surface area contributed by atoms with Gasteiger partial charge < -0.3 is 19.3 Å². The fourth-order valence-electron chi connectivity index (χ4n) is 2.86. The number of aryl methyl sites for hydroxylation is 1. The lowest BCUT2D eigenvalue weighted by Crippen LogP contribution is -2.28. The zero-order valence-corrected chi connectivity index (χ0v) is 15.8. The van der Waals surface area contributed by atoms with Gasteiger partial charge in [-0.05, 0) is 48.4 Å². The van der Waals surface area contributed by atoms with Crippen LogP contribution in [0.1, 0.15) is 49.7 Å². The summed E-state index contributed by atoms with van der Waals surface area (Å²) in [5.74, 6) is 0.477. The SMILES string of the molecule is CCCC(C)C(=O)OC1Oc2ccc(C(O)CCc3cccs3)cc2O1. The molecule has 0 amide bonds. The Morgan fingerprint density at radius 1 is 1.27 bits per heavy atom. The van der Waals surface area contributed by atoms with E-state index < -0.39 is 12.6 Å². The van der Waals surface area contributed by atoms with Crippen LogP contribution in [0, 0.1) is 5.92 Å². The molecule has 2 aromatic rings. The summed E-state index contributed by atoms with van der Waals surface area (Å²) in [6.07, 6.45) is 2.54. The summed E-state index contributed by atoms with van der Waals surface area (Å²) in [7, 11) is 0. The molecule has 6 heteroatoms. The highest BCUT2D eigenvalue weighted by Gasteiger charge is 2.30. The van der Waals surface area contributed by atoms with E-state index in [1.165, 1.54) is 4.88 Å². The molecule has 3 atom stereocenters. The molecule has 0 radical (unpaired) electrons. The van der Waals surface area contributed by atoms with E-state index in [0.29, 0.717) is 17.9 Å². The van der Waals surface area contributed by atoms with Crippen LogP contribution in [0.2, 0.25) is 0 Å². The summed E-state index contributed by atoms with van der Waals surface area (Å²) in [5, 5.41) is 12.4. The maximum absolute atomic E-state index is 12.0. The molecule has 0 fully saturated rings. The Hall–Kier alpha value is -2.05. The van der Waals surface area contributed by atoms with E-state index in [1.807, 2.05) is 31.4 Å². The van der Waals surface area contributed by atoms with Gasteiger partial charge in [0.25, 0.3) is 0 Å². The first-order chi connectivity index (χ1) is 12.6. The minimum atomic E-state index is -1.06. The molecular weight excluding hydrogens is 352 g/mol. The number of rotatable bonds is 8. The summed E-state index contributed by atoms with van der Waals surface area (Å²) in [6, 6.07) is 9.37. The molecule has 2 heterocycles. The lowest BCUT2D eigenvalue weighted by molar-refractivity contribution is -0.198. The Balaban J connectivity index is 1.56. The number of hydrogen-bond acceptors (Lipinski definition) is 6. The lowest BCUT2D eigenvalue weighted by atomic mass is 10.0. The number of aliphatic hydroxyl groups is 1. The van der Waals surface area contributed by atoms with Crippen molar-refractivity contribution in [2.75, 3.05) is 0 Å². The van der Waals surface area contributed by atoms with E-state index in [1.54, 1.807) is 23.5 Å². The smallest absolute Gasteiger partial charge is 0.408 e. The zero-order chi connectivity index (χ0) is 18.5. The topological polar surface area (TPSA) is 65.0 Å². The highest BCUT2D eigenvalue weighted by atomic mass is 32.1. The number of esters is 1. The van der Waals surface area contributed by atoms with Crippen LogP contribution in [0.25, 0.3) is 0 Å². The van der Waals surface area contributed by atoms with Gasteiger partial charge in [-0.15, -0.1) is 11.3 Å². The maximum atomic E-state index is 12.0. The number of benzene rings is 1. The summed E-state index contributed by atoms with van der Waals surface area (Å²) < 4.78 is 16.3. The fraction of sp³-hybridized carbons (Fsp3) is 0.450. The molecule has 1 aliphatic rings. The average Bonchev–Trinajstić information content (AvgIpc) is 3.28. The van der Waals surface area contributed by atoms with E-state index in [4.69, 9.17) is 14.2 Å². The molecule has 5 nitrogen and oxygen atoms in total. The second-order valence-electron chi connectivity index (χ2n) is 6.49. The molecule has 1 aromatic carbocycles. The largest absolute Gasteiger partial charge is 0.419 e. The summed E-state index contributed by atoms with van der Waals surface area (Å²) in [6.45, 7) is 2.79. The van der Waals surface area contributed by atoms with Gasteiger partial charge in [0.1, 0.15) is 0 Å². The second kappa shape index (κ2) is 8.56. The molecule has 0 saturated carbocycles. The summed E-state index contributed by atoms with van der Waals surface area (Å²) in [5.41, 5.74) is 0.759. The van der Waals surface area contributed by atoms with E-state index in [0.717, 1.165) is 24.8 Å². The minimum Gasteiger partial charge on any atom is -0.419 e. The number of thiophene rings is 1. The third-order valence-electron chi connectivity index (χ3n) is 4.38. The van der Waals surface area contributed by atoms with Crippen LogP contribution >= 0.6 is 11.3 Å². The Morgan fingerprint density at radius 2 is 2.08 bits per heavy atom. The third-order valence-corrected chi connectivity index (χ3v) is 5.32. The van der Waals surface area contributed by atoms with Crippen molar-refractivity contribution in [2.24, 2.45) is 5.92 Å². The predicted octanol–water partition coefficient (Wildman–Crippen LogP) is 4.45. The summed E-state index contributed by atoms with van der Waals surface area (Å²) >= 11 is 1.69. The normalized spacial score (nSPS) is 17.7. The van der Waals surface area contributed by atoms with E-state index >= 15 is 0 Å². The predicted molar refractivity (Wildman–Crippen MR) is 99.2 cm³/mol. The standard InChI is InChI=1S/C20H24O5S/c1-3-5-13(2)19(22)25-20-23-17-10-7-14(12-18(17)24-20)16(21)9-8-15-6-4-11-26-15/h4,6-7,10-13,16,20-21H,3,5,8-9H2,1-2H3. The zero-order valence-electron chi connectivity index (χ0n) is 15.0. The first kappa shape index (κ1) is 18.7.